The fourth-order valence-electron chi connectivity index (χ4n) is 2.77. The quantitative estimate of drug-likeness (QED) is 0.780. The third-order valence-electron chi connectivity index (χ3n) is 3.75. The minimum absolute atomic E-state index is 0.745. The highest BCUT2D eigenvalue weighted by atomic mass is 35.5. The van der Waals surface area contributed by atoms with E-state index in [9.17, 15) is 0 Å². The zero-order valence-corrected chi connectivity index (χ0v) is 11.9. The molecule has 0 bridgehead atoms. The number of rotatable bonds is 2. The van der Waals surface area contributed by atoms with Crippen LogP contribution in [0.2, 0.25) is 5.02 Å². The maximum absolute atomic E-state index is 6.44. The molecular weight excluding hydrogens is 258 g/mol. The molecule has 1 aliphatic rings. The van der Waals surface area contributed by atoms with E-state index in [1.54, 1.807) is 6.26 Å². The van der Waals surface area contributed by atoms with Gasteiger partial charge in [-0.25, -0.2) is 0 Å². The highest BCUT2D eigenvalue weighted by Crippen LogP contribution is 2.33. The lowest BCUT2D eigenvalue weighted by molar-refractivity contribution is 0.447. The molecule has 0 saturated carbocycles. The molecule has 3 rings (SSSR count). The molecule has 2 nitrogen and oxygen atoms in total. The van der Waals surface area contributed by atoms with Crippen molar-refractivity contribution >= 4 is 17.3 Å². The molecule has 100 valence electrons. The third-order valence-corrected chi connectivity index (χ3v) is 4.05. The molecule has 0 amide bonds. The Morgan fingerprint density at radius 2 is 2.21 bits per heavy atom. The number of furan rings is 1. The van der Waals surface area contributed by atoms with E-state index >= 15 is 0 Å². The van der Waals surface area contributed by atoms with E-state index in [4.69, 9.17) is 16.0 Å². The first-order valence-electron chi connectivity index (χ1n) is 6.82. The number of nitrogens with zero attached hydrogens (tertiary/aromatic N) is 1. The molecular formula is C16H18ClNO. The van der Waals surface area contributed by atoms with Gasteiger partial charge in [0, 0.05) is 18.7 Å². The molecule has 1 fully saturated rings. The lowest BCUT2D eigenvalue weighted by atomic mass is 9.99. The van der Waals surface area contributed by atoms with E-state index in [1.807, 2.05) is 18.2 Å². The van der Waals surface area contributed by atoms with Gasteiger partial charge in [0.25, 0.3) is 0 Å². The van der Waals surface area contributed by atoms with Crippen LogP contribution in [0, 0.1) is 5.92 Å². The highest BCUT2D eigenvalue weighted by Gasteiger charge is 2.18. The van der Waals surface area contributed by atoms with Gasteiger partial charge in [0.1, 0.15) is 5.76 Å². The summed E-state index contributed by atoms with van der Waals surface area (Å²) in [6.45, 7) is 4.50. The van der Waals surface area contributed by atoms with Crippen LogP contribution < -0.4 is 4.90 Å². The van der Waals surface area contributed by atoms with Gasteiger partial charge in [-0.2, -0.15) is 0 Å². The van der Waals surface area contributed by atoms with Gasteiger partial charge in [0.05, 0.1) is 17.0 Å². The first kappa shape index (κ1) is 12.6. The van der Waals surface area contributed by atoms with E-state index < -0.39 is 0 Å². The van der Waals surface area contributed by atoms with Crippen LogP contribution in [0.5, 0.6) is 0 Å². The van der Waals surface area contributed by atoms with Crippen LogP contribution in [0.25, 0.3) is 11.3 Å². The molecule has 0 aliphatic carbocycles. The van der Waals surface area contributed by atoms with Crippen LogP contribution in [0.1, 0.15) is 19.8 Å². The first-order chi connectivity index (χ1) is 9.24. The molecule has 2 heterocycles. The van der Waals surface area contributed by atoms with Crippen LogP contribution in [0.4, 0.5) is 5.69 Å². The van der Waals surface area contributed by atoms with E-state index in [0.717, 1.165) is 41.0 Å². The van der Waals surface area contributed by atoms with Crippen LogP contribution in [-0.4, -0.2) is 13.1 Å². The summed E-state index contributed by atoms with van der Waals surface area (Å²) in [5.74, 6) is 1.61. The second kappa shape index (κ2) is 5.30. The summed E-state index contributed by atoms with van der Waals surface area (Å²) in [6.07, 6.45) is 4.25. The van der Waals surface area contributed by atoms with Crippen LogP contribution in [0.15, 0.2) is 41.0 Å². The van der Waals surface area contributed by atoms with Gasteiger partial charge in [-0.05, 0) is 49.1 Å². The summed E-state index contributed by atoms with van der Waals surface area (Å²) in [6, 6.07) is 10.0. The van der Waals surface area contributed by atoms with Gasteiger partial charge in [0.15, 0.2) is 0 Å². The van der Waals surface area contributed by atoms with Gasteiger partial charge in [-0.1, -0.05) is 18.5 Å². The van der Waals surface area contributed by atoms with Gasteiger partial charge in [-0.3, -0.25) is 0 Å². The van der Waals surface area contributed by atoms with E-state index in [-0.39, 0.29) is 0 Å². The Labute approximate surface area is 119 Å². The Morgan fingerprint density at radius 3 is 2.89 bits per heavy atom. The van der Waals surface area contributed by atoms with Crippen molar-refractivity contribution in [1.29, 1.82) is 0 Å². The third kappa shape index (κ3) is 2.64. The topological polar surface area (TPSA) is 16.4 Å². The average molecular weight is 276 g/mol. The fourth-order valence-corrected chi connectivity index (χ4v) is 3.07. The monoisotopic (exact) mass is 275 g/mol. The van der Waals surface area contributed by atoms with E-state index in [2.05, 4.69) is 24.0 Å². The average Bonchev–Trinajstić information content (AvgIpc) is 2.92. The van der Waals surface area contributed by atoms with Gasteiger partial charge >= 0.3 is 0 Å². The number of piperidine rings is 1. The lowest BCUT2D eigenvalue weighted by Crippen LogP contribution is -2.34. The van der Waals surface area contributed by atoms with Crippen molar-refractivity contribution in [2.75, 3.05) is 18.0 Å². The maximum Gasteiger partial charge on any atom is 0.133 e. The van der Waals surface area contributed by atoms with E-state index in [1.165, 1.54) is 12.8 Å². The lowest BCUT2D eigenvalue weighted by Gasteiger charge is -2.33. The Morgan fingerprint density at radius 1 is 1.32 bits per heavy atom. The molecule has 1 unspecified atom stereocenters. The number of hydrogen-bond acceptors (Lipinski definition) is 2. The maximum atomic E-state index is 6.44. The number of hydrogen-bond donors (Lipinski definition) is 0. The second-order valence-electron chi connectivity index (χ2n) is 5.34. The fraction of sp³-hybridized carbons (Fsp3) is 0.375. The summed E-state index contributed by atoms with van der Waals surface area (Å²) >= 11 is 6.44. The highest BCUT2D eigenvalue weighted by molar-refractivity contribution is 6.33. The molecule has 0 N–H and O–H groups in total. The Bertz CT molecular complexity index is 550. The second-order valence-corrected chi connectivity index (χ2v) is 5.74. The van der Waals surface area contributed by atoms with Crippen molar-refractivity contribution < 1.29 is 4.42 Å². The smallest absolute Gasteiger partial charge is 0.133 e. The summed E-state index contributed by atoms with van der Waals surface area (Å²) in [5, 5.41) is 0.808. The van der Waals surface area contributed by atoms with Gasteiger partial charge < -0.3 is 9.32 Å². The Balaban J connectivity index is 1.87. The molecule has 3 heteroatoms. The summed E-state index contributed by atoms with van der Waals surface area (Å²) in [5.41, 5.74) is 2.17. The van der Waals surface area contributed by atoms with Crippen molar-refractivity contribution in [3.8, 4) is 11.3 Å². The number of benzene rings is 1. The van der Waals surface area contributed by atoms with Crippen molar-refractivity contribution in [3.05, 3.63) is 41.6 Å². The number of anilines is 1. The summed E-state index contributed by atoms with van der Waals surface area (Å²) in [7, 11) is 0. The predicted octanol–water partition coefficient (Wildman–Crippen LogP) is 4.84. The molecule has 0 radical (unpaired) electrons. The summed E-state index contributed by atoms with van der Waals surface area (Å²) in [4.78, 5) is 2.39. The minimum atomic E-state index is 0.745. The molecule has 1 aromatic carbocycles. The summed E-state index contributed by atoms with van der Waals surface area (Å²) < 4.78 is 5.40. The molecule has 2 aromatic rings. The van der Waals surface area contributed by atoms with Crippen molar-refractivity contribution in [1.82, 2.24) is 0 Å². The standard InChI is InChI=1S/C16H18ClNO/c1-12-4-2-8-18(11-12)15-7-6-13(10-14(15)17)16-5-3-9-19-16/h3,5-7,9-10,12H,2,4,8,11H2,1H3. The van der Waals surface area contributed by atoms with Crippen molar-refractivity contribution in [3.63, 3.8) is 0 Å². The van der Waals surface area contributed by atoms with E-state index in [0.29, 0.717) is 0 Å². The van der Waals surface area contributed by atoms with Crippen molar-refractivity contribution in [2.45, 2.75) is 19.8 Å². The number of halogens is 1. The Hall–Kier alpha value is -1.41. The zero-order valence-electron chi connectivity index (χ0n) is 11.1. The normalized spacial score (nSPS) is 19.7. The minimum Gasteiger partial charge on any atom is -0.464 e. The first-order valence-corrected chi connectivity index (χ1v) is 7.20. The van der Waals surface area contributed by atoms with Crippen LogP contribution >= 0.6 is 11.6 Å². The van der Waals surface area contributed by atoms with Crippen molar-refractivity contribution in [2.24, 2.45) is 5.92 Å². The SMILES string of the molecule is CC1CCCN(c2ccc(-c3ccco3)cc2Cl)C1. The van der Waals surface area contributed by atoms with Crippen LogP contribution in [-0.2, 0) is 0 Å². The molecule has 1 aliphatic heterocycles. The molecule has 1 atom stereocenters. The molecule has 1 saturated heterocycles. The Kier molecular flexibility index (Phi) is 3.52. The molecule has 1 aromatic heterocycles. The predicted molar refractivity (Wildman–Crippen MR) is 79.8 cm³/mol. The zero-order chi connectivity index (χ0) is 13.2. The molecule has 0 spiro atoms. The van der Waals surface area contributed by atoms with Crippen LogP contribution in [0.3, 0.4) is 0 Å². The van der Waals surface area contributed by atoms with Gasteiger partial charge in [0.2, 0.25) is 0 Å². The van der Waals surface area contributed by atoms with Gasteiger partial charge in [-0.15, -0.1) is 0 Å². The largest absolute Gasteiger partial charge is 0.464 e. The molecule has 19 heavy (non-hydrogen) atoms.